The van der Waals surface area contributed by atoms with E-state index in [4.69, 9.17) is 0 Å². The number of rotatable bonds is 3. The van der Waals surface area contributed by atoms with Crippen molar-refractivity contribution < 1.29 is 9.59 Å². The van der Waals surface area contributed by atoms with Crippen molar-refractivity contribution in [3.05, 3.63) is 71.3 Å². The summed E-state index contributed by atoms with van der Waals surface area (Å²) in [6.45, 7) is 0.535. The monoisotopic (exact) mass is 294 g/mol. The van der Waals surface area contributed by atoms with Gasteiger partial charge in [-0.05, 0) is 17.2 Å². The molecular formula is C18H18N2O2. The SMILES string of the molecule is CN(Cc1ccccc1)C(=O)C1Cc2ccccc2C(=O)N1. The van der Waals surface area contributed by atoms with Gasteiger partial charge in [-0.25, -0.2) is 0 Å². The van der Waals surface area contributed by atoms with Crippen molar-refractivity contribution in [3.63, 3.8) is 0 Å². The third-order valence-corrected chi connectivity index (χ3v) is 3.93. The van der Waals surface area contributed by atoms with Crippen molar-refractivity contribution in [2.75, 3.05) is 7.05 Å². The molecule has 2 aromatic rings. The van der Waals surface area contributed by atoms with E-state index < -0.39 is 6.04 Å². The van der Waals surface area contributed by atoms with E-state index in [1.54, 1.807) is 18.0 Å². The highest BCUT2D eigenvalue weighted by atomic mass is 16.2. The quantitative estimate of drug-likeness (QED) is 0.941. The maximum absolute atomic E-state index is 12.6. The maximum Gasteiger partial charge on any atom is 0.252 e. The third kappa shape index (κ3) is 2.86. The number of carbonyl (C=O) groups is 2. The minimum atomic E-state index is -0.490. The van der Waals surface area contributed by atoms with Crippen LogP contribution >= 0.6 is 0 Å². The second-order valence-corrected chi connectivity index (χ2v) is 5.57. The Morgan fingerprint density at radius 1 is 1.14 bits per heavy atom. The highest BCUT2D eigenvalue weighted by Gasteiger charge is 2.30. The Labute approximate surface area is 129 Å². The van der Waals surface area contributed by atoms with Crippen LogP contribution in [0.2, 0.25) is 0 Å². The Kier molecular flexibility index (Phi) is 3.92. The number of nitrogens with zero attached hydrogens (tertiary/aromatic N) is 1. The molecule has 1 aliphatic rings. The molecule has 0 saturated carbocycles. The Bertz CT molecular complexity index is 697. The van der Waals surface area contributed by atoms with Gasteiger partial charge < -0.3 is 10.2 Å². The number of fused-ring (bicyclic) bond motifs is 1. The molecule has 3 rings (SSSR count). The normalized spacial score (nSPS) is 16.6. The summed E-state index contributed by atoms with van der Waals surface area (Å²) in [5.41, 5.74) is 2.66. The van der Waals surface area contributed by atoms with E-state index in [2.05, 4.69) is 5.32 Å². The molecule has 1 heterocycles. The second kappa shape index (κ2) is 6.02. The first kappa shape index (κ1) is 14.3. The third-order valence-electron chi connectivity index (χ3n) is 3.93. The van der Waals surface area contributed by atoms with Gasteiger partial charge in [-0.2, -0.15) is 0 Å². The molecule has 0 fully saturated rings. The van der Waals surface area contributed by atoms with Gasteiger partial charge in [0.1, 0.15) is 6.04 Å². The van der Waals surface area contributed by atoms with Gasteiger partial charge in [-0.15, -0.1) is 0 Å². The van der Waals surface area contributed by atoms with Crippen LogP contribution in [0.15, 0.2) is 54.6 Å². The van der Waals surface area contributed by atoms with Gasteiger partial charge in [0.15, 0.2) is 0 Å². The van der Waals surface area contributed by atoms with Crippen molar-refractivity contribution in [1.82, 2.24) is 10.2 Å². The van der Waals surface area contributed by atoms with E-state index >= 15 is 0 Å². The summed E-state index contributed by atoms with van der Waals surface area (Å²) in [5.74, 6) is -0.236. The molecule has 112 valence electrons. The molecule has 0 bridgehead atoms. The topological polar surface area (TPSA) is 49.4 Å². The predicted molar refractivity (Wildman–Crippen MR) is 84.3 cm³/mol. The second-order valence-electron chi connectivity index (χ2n) is 5.57. The summed E-state index contributed by atoms with van der Waals surface area (Å²) in [6.07, 6.45) is 0.542. The van der Waals surface area contributed by atoms with Gasteiger partial charge >= 0.3 is 0 Å². The molecule has 22 heavy (non-hydrogen) atoms. The Morgan fingerprint density at radius 2 is 1.82 bits per heavy atom. The summed E-state index contributed by atoms with van der Waals surface area (Å²) in [4.78, 5) is 26.3. The molecule has 0 aliphatic carbocycles. The van der Waals surface area contributed by atoms with Gasteiger partial charge in [0.2, 0.25) is 5.91 Å². The minimum absolute atomic E-state index is 0.0632. The maximum atomic E-state index is 12.6. The first-order valence-corrected chi connectivity index (χ1v) is 7.33. The van der Waals surface area contributed by atoms with E-state index in [-0.39, 0.29) is 11.8 Å². The molecule has 2 amide bonds. The molecule has 0 aromatic heterocycles. The van der Waals surface area contributed by atoms with E-state index in [1.807, 2.05) is 48.5 Å². The van der Waals surface area contributed by atoms with Gasteiger partial charge in [-0.3, -0.25) is 9.59 Å². The van der Waals surface area contributed by atoms with E-state index in [9.17, 15) is 9.59 Å². The molecule has 0 saturated heterocycles. The van der Waals surface area contributed by atoms with Gasteiger partial charge in [-0.1, -0.05) is 48.5 Å². The number of benzene rings is 2. The molecule has 1 aliphatic heterocycles. The lowest BCUT2D eigenvalue weighted by atomic mass is 9.94. The van der Waals surface area contributed by atoms with Crippen molar-refractivity contribution in [1.29, 1.82) is 0 Å². The predicted octanol–water partition coefficient (Wildman–Crippen LogP) is 2.00. The standard InChI is InChI=1S/C18H18N2O2/c1-20(12-13-7-3-2-4-8-13)18(22)16-11-14-9-5-6-10-15(14)17(21)19-16/h2-10,16H,11-12H2,1H3,(H,19,21). The van der Waals surface area contributed by atoms with Gasteiger partial charge in [0.25, 0.3) is 5.91 Å². The molecule has 4 heteroatoms. The lowest BCUT2D eigenvalue weighted by molar-refractivity contribution is -0.132. The van der Waals surface area contributed by atoms with Crippen LogP contribution in [0.25, 0.3) is 0 Å². The number of hydrogen-bond acceptors (Lipinski definition) is 2. The summed E-state index contributed by atoms with van der Waals surface area (Å²) in [6, 6.07) is 16.8. The van der Waals surface area contributed by atoms with Gasteiger partial charge in [0, 0.05) is 25.6 Å². The molecule has 1 atom stereocenters. The van der Waals surface area contributed by atoms with E-state index in [0.29, 0.717) is 18.5 Å². The fourth-order valence-electron chi connectivity index (χ4n) is 2.78. The highest BCUT2D eigenvalue weighted by molar-refractivity contribution is 6.00. The van der Waals surface area contributed by atoms with Crippen molar-refractivity contribution >= 4 is 11.8 Å². The lowest BCUT2D eigenvalue weighted by Crippen LogP contribution is -2.51. The zero-order valence-electron chi connectivity index (χ0n) is 12.5. The molecular weight excluding hydrogens is 276 g/mol. The van der Waals surface area contributed by atoms with Crippen LogP contribution in [0, 0.1) is 0 Å². The Hall–Kier alpha value is -2.62. The average Bonchev–Trinajstić information content (AvgIpc) is 2.55. The first-order chi connectivity index (χ1) is 10.6. The van der Waals surface area contributed by atoms with Gasteiger partial charge in [0.05, 0.1) is 0 Å². The minimum Gasteiger partial charge on any atom is -0.340 e. The Morgan fingerprint density at radius 3 is 2.59 bits per heavy atom. The summed E-state index contributed by atoms with van der Waals surface area (Å²) < 4.78 is 0. The number of nitrogens with one attached hydrogen (secondary N) is 1. The summed E-state index contributed by atoms with van der Waals surface area (Å²) >= 11 is 0. The number of amides is 2. The molecule has 1 unspecified atom stereocenters. The highest BCUT2D eigenvalue weighted by Crippen LogP contribution is 2.17. The number of hydrogen-bond donors (Lipinski definition) is 1. The molecule has 2 aromatic carbocycles. The summed E-state index contributed by atoms with van der Waals surface area (Å²) in [5, 5.41) is 2.81. The van der Waals surface area contributed by atoms with Crippen LogP contribution < -0.4 is 5.32 Å². The van der Waals surface area contributed by atoms with E-state index in [1.165, 1.54) is 0 Å². The molecule has 0 spiro atoms. The zero-order valence-corrected chi connectivity index (χ0v) is 12.5. The average molecular weight is 294 g/mol. The summed E-state index contributed by atoms with van der Waals surface area (Å²) in [7, 11) is 1.77. The molecule has 0 radical (unpaired) electrons. The lowest BCUT2D eigenvalue weighted by Gasteiger charge is -2.28. The van der Waals surface area contributed by atoms with Crippen molar-refractivity contribution in [2.24, 2.45) is 0 Å². The Balaban J connectivity index is 1.72. The fourth-order valence-corrected chi connectivity index (χ4v) is 2.78. The van der Waals surface area contributed by atoms with Crippen LogP contribution in [-0.4, -0.2) is 29.8 Å². The van der Waals surface area contributed by atoms with Crippen LogP contribution in [0.1, 0.15) is 21.5 Å². The first-order valence-electron chi connectivity index (χ1n) is 7.33. The zero-order chi connectivity index (χ0) is 15.5. The largest absolute Gasteiger partial charge is 0.340 e. The van der Waals surface area contributed by atoms with Crippen LogP contribution in [-0.2, 0) is 17.8 Å². The fraction of sp³-hybridized carbons (Fsp3) is 0.222. The van der Waals surface area contributed by atoms with E-state index in [0.717, 1.165) is 11.1 Å². The molecule has 1 N–H and O–H groups in total. The molecule has 4 nitrogen and oxygen atoms in total. The van der Waals surface area contributed by atoms with Crippen LogP contribution in [0.5, 0.6) is 0 Å². The van der Waals surface area contributed by atoms with Crippen molar-refractivity contribution in [3.8, 4) is 0 Å². The van der Waals surface area contributed by atoms with Crippen LogP contribution in [0.4, 0.5) is 0 Å². The number of carbonyl (C=O) groups excluding carboxylic acids is 2. The smallest absolute Gasteiger partial charge is 0.252 e. The van der Waals surface area contributed by atoms with Crippen LogP contribution in [0.3, 0.4) is 0 Å². The van der Waals surface area contributed by atoms with Crippen molar-refractivity contribution in [2.45, 2.75) is 19.0 Å². The number of likely N-dealkylation sites (N-methyl/N-ethyl adjacent to an activating group) is 1.